The molecule has 2 aliphatic rings. The minimum absolute atomic E-state index is 0.0340. The van der Waals surface area contributed by atoms with E-state index >= 15 is 0 Å². The second-order valence-corrected chi connectivity index (χ2v) is 9.88. The van der Waals surface area contributed by atoms with Crippen LogP contribution in [0.3, 0.4) is 0 Å². The summed E-state index contributed by atoms with van der Waals surface area (Å²) in [5.74, 6) is -3.18. The van der Waals surface area contributed by atoms with Crippen molar-refractivity contribution >= 4 is 15.7 Å². The van der Waals surface area contributed by atoms with Crippen molar-refractivity contribution in [1.29, 1.82) is 0 Å². The lowest BCUT2D eigenvalue weighted by atomic mass is 9.69. The van der Waals surface area contributed by atoms with Gasteiger partial charge in [-0.2, -0.15) is 8.78 Å². The van der Waals surface area contributed by atoms with Gasteiger partial charge in [0.05, 0.1) is 4.90 Å². The minimum atomic E-state index is -4.64. The van der Waals surface area contributed by atoms with Crippen molar-refractivity contribution in [1.82, 2.24) is 5.32 Å². The van der Waals surface area contributed by atoms with Gasteiger partial charge in [0.1, 0.15) is 0 Å². The molecule has 0 spiro atoms. The maximum Gasteiger partial charge on any atom is 0.341 e. The molecule has 0 aromatic heterocycles. The van der Waals surface area contributed by atoms with Crippen LogP contribution in [0.2, 0.25) is 0 Å². The highest BCUT2D eigenvalue weighted by Gasteiger charge is 2.61. The fourth-order valence-electron chi connectivity index (χ4n) is 4.56. The monoisotopic (exact) mass is 371 g/mol. The summed E-state index contributed by atoms with van der Waals surface area (Å²) in [7, 11) is -4.64. The van der Waals surface area contributed by atoms with Gasteiger partial charge in [0.2, 0.25) is 9.84 Å². The Hall–Kier alpha value is -1.50. The molecule has 2 fully saturated rings. The maximum atomic E-state index is 12.6. The molecular formula is C18H23F2NO3S. The maximum absolute atomic E-state index is 12.6. The molecule has 2 bridgehead atoms. The van der Waals surface area contributed by atoms with Gasteiger partial charge in [0, 0.05) is 11.6 Å². The first kappa shape index (κ1) is 18.3. The van der Waals surface area contributed by atoms with Crippen LogP contribution in [0.5, 0.6) is 0 Å². The molecule has 0 saturated heterocycles. The molecule has 2 saturated carbocycles. The number of rotatable bonds is 4. The minimum Gasteiger partial charge on any atom is -0.349 e. The molecule has 2 aliphatic carbocycles. The summed E-state index contributed by atoms with van der Waals surface area (Å²) in [5, 5.41) is 3.07. The van der Waals surface area contributed by atoms with Gasteiger partial charge in [-0.25, -0.2) is 8.42 Å². The molecule has 1 amide bonds. The Morgan fingerprint density at radius 3 is 2.24 bits per heavy atom. The number of alkyl halides is 2. The van der Waals surface area contributed by atoms with E-state index in [1.165, 1.54) is 18.6 Å². The number of fused-ring (bicyclic) bond motifs is 2. The Balaban J connectivity index is 1.75. The number of amides is 1. The Kier molecular flexibility index (Phi) is 4.21. The predicted molar refractivity (Wildman–Crippen MR) is 90.1 cm³/mol. The summed E-state index contributed by atoms with van der Waals surface area (Å²) in [4.78, 5) is 12.0. The average Bonchev–Trinajstić information content (AvgIpc) is 2.88. The van der Waals surface area contributed by atoms with Gasteiger partial charge in [0.15, 0.2) is 0 Å². The van der Waals surface area contributed by atoms with Crippen LogP contribution in [0, 0.1) is 16.7 Å². The Morgan fingerprint density at radius 2 is 1.80 bits per heavy atom. The van der Waals surface area contributed by atoms with Crippen LogP contribution in [0.4, 0.5) is 8.78 Å². The van der Waals surface area contributed by atoms with Crippen LogP contribution in [0.1, 0.15) is 50.4 Å². The molecule has 1 N–H and O–H groups in total. The summed E-state index contributed by atoms with van der Waals surface area (Å²) < 4.78 is 48.0. The summed E-state index contributed by atoms with van der Waals surface area (Å²) in [6.45, 7) is 6.71. The van der Waals surface area contributed by atoms with Crippen LogP contribution in [0.25, 0.3) is 0 Å². The fourth-order valence-corrected chi connectivity index (χ4v) is 5.28. The van der Waals surface area contributed by atoms with E-state index in [0.29, 0.717) is 5.92 Å². The normalized spacial score (nSPS) is 30.6. The molecule has 138 valence electrons. The van der Waals surface area contributed by atoms with E-state index in [1.54, 1.807) is 0 Å². The zero-order chi connectivity index (χ0) is 18.6. The van der Waals surface area contributed by atoms with E-state index in [-0.39, 0.29) is 28.3 Å². The largest absolute Gasteiger partial charge is 0.349 e. The van der Waals surface area contributed by atoms with Crippen LogP contribution < -0.4 is 5.32 Å². The molecule has 3 atom stereocenters. The standard InChI is InChI=1S/C18H23F2NO3S/c1-17(2)12-8-9-18(17,3)14(10-12)21-15(22)11-4-6-13(7-5-11)25(23,24)16(19)20/h4-7,12,14,16H,8-10H2,1-3H3,(H,21,22)/t12-,14-,18+/m1/s1. The molecule has 0 heterocycles. The van der Waals surface area contributed by atoms with Gasteiger partial charge in [-0.15, -0.1) is 0 Å². The van der Waals surface area contributed by atoms with E-state index < -0.39 is 20.5 Å². The van der Waals surface area contributed by atoms with Crippen LogP contribution in [-0.4, -0.2) is 26.1 Å². The number of halogens is 2. The fraction of sp³-hybridized carbons (Fsp3) is 0.611. The third kappa shape index (κ3) is 2.67. The van der Waals surface area contributed by atoms with Crippen molar-refractivity contribution in [3.05, 3.63) is 29.8 Å². The van der Waals surface area contributed by atoms with E-state index in [2.05, 4.69) is 26.1 Å². The van der Waals surface area contributed by atoms with Gasteiger partial charge >= 0.3 is 5.76 Å². The van der Waals surface area contributed by atoms with E-state index in [0.717, 1.165) is 25.0 Å². The van der Waals surface area contributed by atoms with Crippen molar-refractivity contribution < 1.29 is 22.0 Å². The molecule has 7 heteroatoms. The van der Waals surface area contributed by atoms with Gasteiger partial charge in [-0.3, -0.25) is 4.79 Å². The van der Waals surface area contributed by atoms with Crippen LogP contribution in [-0.2, 0) is 9.84 Å². The zero-order valence-electron chi connectivity index (χ0n) is 14.6. The van der Waals surface area contributed by atoms with Crippen molar-refractivity contribution in [2.45, 2.75) is 56.7 Å². The summed E-state index contributed by atoms with van der Waals surface area (Å²) in [6.07, 6.45) is 3.18. The quantitative estimate of drug-likeness (QED) is 0.879. The van der Waals surface area contributed by atoms with E-state index in [9.17, 15) is 22.0 Å². The molecule has 25 heavy (non-hydrogen) atoms. The Labute approximate surface area is 146 Å². The molecular weight excluding hydrogens is 348 g/mol. The van der Waals surface area contributed by atoms with Gasteiger partial charge < -0.3 is 5.32 Å². The van der Waals surface area contributed by atoms with Gasteiger partial charge in [0.25, 0.3) is 5.91 Å². The van der Waals surface area contributed by atoms with Crippen molar-refractivity contribution in [3.63, 3.8) is 0 Å². The Bertz CT molecular complexity index is 789. The molecule has 4 nitrogen and oxygen atoms in total. The van der Waals surface area contributed by atoms with Gasteiger partial charge in [-0.05, 0) is 60.3 Å². The molecule has 3 rings (SSSR count). The van der Waals surface area contributed by atoms with Crippen molar-refractivity contribution in [2.75, 3.05) is 0 Å². The second kappa shape index (κ2) is 5.76. The first-order valence-corrected chi connectivity index (χ1v) is 9.98. The highest BCUT2D eigenvalue weighted by Crippen LogP contribution is 2.65. The number of hydrogen-bond donors (Lipinski definition) is 1. The van der Waals surface area contributed by atoms with Crippen LogP contribution in [0.15, 0.2) is 29.2 Å². The smallest absolute Gasteiger partial charge is 0.341 e. The Morgan fingerprint density at radius 1 is 1.20 bits per heavy atom. The SMILES string of the molecule is CC1(C)[C@@H]2CC[C@@]1(C)[C@H](NC(=O)c1ccc(S(=O)(=O)C(F)F)cc1)C2. The highest BCUT2D eigenvalue weighted by atomic mass is 32.2. The number of benzene rings is 1. The molecule has 1 aromatic carbocycles. The number of hydrogen-bond acceptors (Lipinski definition) is 3. The lowest BCUT2D eigenvalue weighted by Crippen LogP contribution is -2.46. The first-order valence-electron chi connectivity index (χ1n) is 8.43. The topological polar surface area (TPSA) is 63.2 Å². The third-order valence-corrected chi connectivity index (χ3v) is 8.18. The zero-order valence-corrected chi connectivity index (χ0v) is 15.4. The van der Waals surface area contributed by atoms with Crippen molar-refractivity contribution in [2.24, 2.45) is 16.7 Å². The number of nitrogens with one attached hydrogen (secondary N) is 1. The summed E-state index contributed by atoms with van der Waals surface area (Å²) >= 11 is 0. The summed E-state index contributed by atoms with van der Waals surface area (Å²) in [5.41, 5.74) is 0.476. The van der Waals surface area contributed by atoms with Crippen LogP contribution >= 0.6 is 0 Å². The predicted octanol–water partition coefficient (Wildman–Crippen LogP) is 3.63. The molecule has 0 radical (unpaired) electrons. The second-order valence-electron chi connectivity index (χ2n) is 7.97. The molecule has 0 unspecified atom stereocenters. The van der Waals surface area contributed by atoms with E-state index in [4.69, 9.17) is 0 Å². The number of carbonyl (C=O) groups is 1. The first-order chi connectivity index (χ1) is 11.5. The highest BCUT2D eigenvalue weighted by molar-refractivity contribution is 7.91. The third-order valence-electron chi connectivity index (χ3n) is 6.78. The number of carbonyl (C=O) groups excluding carboxylic acids is 1. The summed E-state index contributed by atoms with van der Waals surface area (Å²) in [6, 6.07) is 4.75. The average molecular weight is 371 g/mol. The molecule has 1 aromatic rings. The molecule has 0 aliphatic heterocycles. The van der Waals surface area contributed by atoms with Crippen molar-refractivity contribution in [3.8, 4) is 0 Å². The lowest BCUT2D eigenvalue weighted by Gasteiger charge is -2.39. The number of sulfone groups is 1. The van der Waals surface area contributed by atoms with E-state index in [1.807, 2.05) is 0 Å². The lowest BCUT2D eigenvalue weighted by molar-refractivity contribution is 0.0826. The van der Waals surface area contributed by atoms with Gasteiger partial charge in [-0.1, -0.05) is 20.8 Å².